The molecule has 6 nitrogen and oxygen atoms in total. The minimum Gasteiger partial charge on any atom is -0.335 e. The van der Waals surface area contributed by atoms with Gasteiger partial charge in [-0.1, -0.05) is 31.4 Å². The lowest BCUT2D eigenvalue weighted by molar-refractivity contribution is -0.125. The van der Waals surface area contributed by atoms with Crippen LogP contribution in [0.1, 0.15) is 62.8 Å². The molecule has 2 atom stereocenters. The van der Waals surface area contributed by atoms with Gasteiger partial charge in [0.25, 0.3) is 0 Å². The number of imide groups is 1. The lowest BCUT2D eigenvalue weighted by atomic mass is 9.96. The largest absolute Gasteiger partial charge is 0.335 e. The van der Waals surface area contributed by atoms with Gasteiger partial charge in [-0.05, 0) is 51.3 Å². The monoisotopic (exact) mass is 414 g/mol. The Morgan fingerprint density at radius 1 is 1.14 bits per heavy atom. The summed E-state index contributed by atoms with van der Waals surface area (Å²) in [6, 6.07) is 7.74. The molecule has 0 bridgehead atoms. The van der Waals surface area contributed by atoms with E-state index in [1.54, 1.807) is 11.3 Å². The highest BCUT2D eigenvalue weighted by molar-refractivity contribution is 7.18. The molecule has 7 heteroatoms. The highest BCUT2D eigenvalue weighted by Crippen LogP contribution is 2.33. The van der Waals surface area contributed by atoms with Crippen molar-refractivity contribution in [2.75, 3.05) is 13.1 Å². The first-order valence-electron chi connectivity index (χ1n) is 10.8. The van der Waals surface area contributed by atoms with Crippen LogP contribution < -0.4 is 10.6 Å². The van der Waals surface area contributed by atoms with Gasteiger partial charge in [0.05, 0.1) is 21.3 Å². The van der Waals surface area contributed by atoms with Crippen molar-refractivity contribution in [2.24, 2.45) is 0 Å². The van der Waals surface area contributed by atoms with Crippen LogP contribution in [-0.4, -0.2) is 47.0 Å². The normalized spacial score (nSPS) is 22.3. The number of hydrogen-bond acceptors (Lipinski definition) is 5. The zero-order valence-corrected chi connectivity index (χ0v) is 17.8. The van der Waals surface area contributed by atoms with Gasteiger partial charge in [-0.3, -0.25) is 15.0 Å². The quantitative estimate of drug-likeness (QED) is 0.792. The van der Waals surface area contributed by atoms with Gasteiger partial charge in [-0.25, -0.2) is 9.78 Å². The van der Waals surface area contributed by atoms with E-state index in [1.165, 1.54) is 11.1 Å². The number of benzene rings is 1. The highest BCUT2D eigenvalue weighted by atomic mass is 32.1. The second-order valence-electron chi connectivity index (χ2n) is 8.33. The van der Waals surface area contributed by atoms with Crippen LogP contribution in [0, 0.1) is 0 Å². The Morgan fingerprint density at radius 3 is 2.72 bits per heavy atom. The number of likely N-dealkylation sites (tertiary alicyclic amines) is 1. The average Bonchev–Trinajstić information content (AvgIpc) is 3.18. The number of piperidine rings is 1. The summed E-state index contributed by atoms with van der Waals surface area (Å²) in [6.07, 6.45) is 7.67. The molecule has 156 valence electrons. The van der Waals surface area contributed by atoms with Crippen molar-refractivity contribution in [1.82, 2.24) is 20.5 Å². The summed E-state index contributed by atoms with van der Waals surface area (Å²) < 4.78 is 1.21. The maximum absolute atomic E-state index is 12.7. The third-order valence-electron chi connectivity index (χ3n) is 6.22. The molecule has 1 saturated heterocycles. The number of thiazole rings is 1. The Bertz CT molecular complexity index is 828. The van der Waals surface area contributed by atoms with E-state index in [2.05, 4.69) is 27.7 Å². The van der Waals surface area contributed by atoms with Crippen molar-refractivity contribution in [3.8, 4) is 0 Å². The number of hydrogen-bond donors (Lipinski definition) is 2. The first-order valence-corrected chi connectivity index (χ1v) is 11.6. The van der Waals surface area contributed by atoms with Crippen molar-refractivity contribution < 1.29 is 9.59 Å². The summed E-state index contributed by atoms with van der Waals surface area (Å²) in [7, 11) is 0. The van der Waals surface area contributed by atoms with Gasteiger partial charge in [0.1, 0.15) is 0 Å². The number of nitrogens with zero attached hydrogens (tertiary/aromatic N) is 2. The number of urea groups is 1. The van der Waals surface area contributed by atoms with Crippen LogP contribution >= 0.6 is 11.3 Å². The van der Waals surface area contributed by atoms with Crippen LogP contribution in [0.5, 0.6) is 0 Å². The zero-order chi connectivity index (χ0) is 20.2. The first kappa shape index (κ1) is 20.3. The summed E-state index contributed by atoms with van der Waals surface area (Å²) in [6.45, 7) is 3.57. The molecule has 2 heterocycles. The van der Waals surface area contributed by atoms with Gasteiger partial charge >= 0.3 is 6.03 Å². The van der Waals surface area contributed by atoms with Gasteiger partial charge in [-0.2, -0.15) is 0 Å². The van der Waals surface area contributed by atoms with E-state index in [4.69, 9.17) is 4.98 Å². The molecule has 1 aliphatic heterocycles. The maximum atomic E-state index is 12.7. The average molecular weight is 415 g/mol. The van der Waals surface area contributed by atoms with Gasteiger partial charge in [0, 0.05) is 18.5 Å². The van der Waals surface area contributed by atoms with E-state index in [-0.39, 0.29) is 24.0 Å². The number of carbonyl (C=O) groups is 2. The molecule has 1 aliphatic carbocycles. The van der Waals surface area contributed by atoms with Crippen molar-refractivity contribution >= 4 is 33.5 Å². The lowest BCUT2D eigenvalue weighted by Gasteiger charge is -2.35. The molecule has 0 radical (unpaired) electrons. The molecule has 29 heavy (non-hydrogen) atoms. The molecule has 4 rings (SSSR count). The molecule has 3 amide bonds. The number of para-hydroxylation sites is 1. The first-order chi connectivity index (χ1) is 14.1. The fraction of sp³-hybridized carbons (Fsp3) is 0.591. The highest BCUT2D eigenvalue weighted by Gasteiger charge is 2.30. The molecule has 1 aromatic carbocycles. The second kappa shape index (κ2) is 9.22. The van der Waals surface area contributed by atoms with E-state index >= 15 is 0 Å². The molecule has 0 unspecified atom stereocenters. The van der Waals surface area contributed by atoms with Crippen molar-refractivity contribution in [3.05, 3.63) is 29.3 Å². The van der Waals surface area contributed by atoms with Crippen LogP contribution in [-0.2, 0) is 4.79 Å². The minimum atomic E-state index is -0.353. The van der Waals surface area contributed by atoms with Gasteiger partial charge in [0.15, 0.2) is 0 Å². The van der Waals surface area contributed by atoms with Crippen molar-refractivity contribution in [3.63, 3.8) is 0 Å². The van der Waals surface area contributed by atoms with E-state index in [0.29, 0.717) is 5.92 Å². The Balaban J connectivity index is 1.33. The Hall–Kier alpha value is -1.99. The van der Waals surface area contributed by atoms with Crippen LogP contribution in [0.25, 0.3) is 10.2 Å². The standard InChI is InChI=1S/C22H30N4O2S/c1-15(20(27)25-22(28)23-17-9-3-2-4-10-17)26-13-7-8-16(14-26)21-24-18-11-5-6-12-19(18)29-21/h5-6,11-12,15-17H,2-4,7-10,13-14H2,1H3,(H2,23,25,27,28)/t15-,16-/m0/s1. The van der Waals surface area contributed by atoms with Gasteiger partial charge < -0.3 is 5.32 Å². The predicted octanol–water partition coefficient (Wildman–Crippen LogP) is 4.02. The van der Waals surface area contributed by atoms with E-state index in [1.807, 2.05) is 19.1 Å². The van der Waals surface area contributed by atoms with Crippen LogP contribution in [0.4, 0.5) is 4.79 Å². The molecule has 2 N–H and O–H groups in total. The Labute approximate surface area is 176 Å². The maximum Gasteiger partial charge on any atom is 0.321 e. The van der Waals surface area contributed by atoms with Crippen molar-refractivity contribution in [2.45, 2.75) is 69.9 Å². The van der Waals surface area contributed by atoms with Crippen molar-refractivity contribution in [1.29, 1.82) is 0 Å². The third-order valence-corrected chi connectivity index (χ3v) is 7.42. The van der Waals surface area contributed by atoms with E-state index in [9.17, 15) is 9.59 Å². The molecular formula is C22H30N4O2S. The number of amides is 3. The molecule has 2 aliphatic rings. The summed E-state index contributed by atoms with van der Waals surface area (Å²) >= 11 is 1.75. The number of carbonyl (C=O) groups excluding carboxylic acids is 2. The van der Waals surface area contributed by atoms with E-state index < -0.39 is 0 Å². The SMILES string of the molecule is C[C@@H](C(=O)NC(=O)NC1CCCCC1)N1CCC[C@H](c2nc3ccccc3s2)C1. The molecule has 0 spiro atoms. The molecular weight excluding hydrogens is 384 g/mol. The fourth-order valence-electron chi connectivity index (χ4n) is 4.47. The number of nitrogens with one attached hydrogen (secondary N) is 2. The van der Waals surface area contributed by atoms with E-state index in [0.717, 1.165) is 62.1 Å². The predicted molar refractivity (Wildman–Crippen MR) is 116 cm³/mol. The Kier molecular flexibility index (Phi) is 6.45. The molecule has 1 aromatic heterocycles. The summed E-state index contributed by atoms with van der Waals surface area (Å²) in [5.41, 5.74) is 1.05. The van der Waals surface area contributed by atoms with Crippen LogP contribution in [0.3, 0.4) is 0 Å². The summed E-state index contributed by atoms with van der Waals surface area (Å²) in [5.74, 6) is 0.121. The fourth-order valence-corrected chi connectivity index (χ4v) is 5.57. The number of fused-ring (bicyclic) bond motifs is 1. The van der Waals surface area contributed by atoms with Gasteiger partial charge in [-0.15, -0.1) is 11.3 Å². The number of aromatic nitrogens is 1. The molecule has 2 fully saturated rings. The molecule has 2 aromatic rings. The van der Waals surface area contributed by atoms with Gasteiger partial charge in [0.2, 0.25) is 5.91 Å². The Morgan fingerprint density at radius 2 is 1.93 bits per heavy atom. The minimum absolute atomic E-state index is 0.199. The second-order valence-corrected chi connectivity index (χ2v) is 9.39. The van der Waals surface area contributed by atoms with Crippen LogP contribution in [0.2, 0.25) is 0 Å². The smallest absolute Gasteiger partial charge is 0.321 e. The van der Waals surface area contributed by atoms with Crippen LogP contribution in [0.15, 0.2) is 24.3 Å². The molecule has 1 saturated carbocycles. The number of rotatable bonds is 4. The lowest BCUT2D eigenvalue weighted by Crippen LogP contribution is -2.53. The summed E-state index contributed by atoms with van der Waals surface area (Å²) in [4.78, 5) is 31.9. The third kappa shape index (κ3) is 4.95. The zero-order valence-electron chi connectivity index (χ0n) is 17.0. The topological polar surface area (TPSA) is 74.3 Å². The summed E-state index contributed by atoms with van der Waals surface area (Å²) in [5, 5.41) is 6.67.